The Bertz CT molecular complexity index is 569. The number of carbonyl (C=O) groups is 1. The second-order valence-corrected chi connectivity index (χ2v) is 6.64. The van der Waals surface area contributed by atoms with Gasteiger partial charge in [0.05, 0.1) is 22.5 Å². The van der Waals surface area contributed by atoms with Gasteiger partial charge in [0, 0.05) is 13.1 Å². The van der Waals surface area contributed by atoms with Gasteiger partial charge in [-0.2, -0.15) is 0 Å². The molecule has 0 aromatic heterocycles. The molecule has 0 atom stereocenters. The third-order valence-electron chi connectivity index (χ3n) is 3.28. The number of rotatable bonds is 1. The van der Waals surface area contributed by atoms with E-state index in [1.54, 1.807) is 0 Å². The first-order valence-corrected chi connectivity index (χ1v) is 6.75. The summed E-state index contributed by atoms with van der Waals surface area (Å²) >= 11 is 0. The van der Waals surface area contributed by atoms with Gasteiger partial charge in [-0.1, -0.05) is 0 Å². The number of nitrogen functional groups attached to an aromatic ring is 1. The molecule has 2 rings (SSSR count). The zero-order valence-corrected chi connectivity index (χ0v) is 12.7. The molecule has 0 saturated carbocycles. The molecule has 0 aliphatic carbocycles. The zero-order chi connectivity index (χ0) is 16.0. The lowest BCUT2D eigenvalue weighted by molar-refractivity contribution is -0.171. The molecule has 0 bridgehead atoms. The largest absolute Gasteiger partial charge is 0.396 e. The Hall–Kier alpha value is -1.69. The van der Waals surface area contributed by atoms with Gasteiger partial charge in [-0.15, -0.1) is 0 Å². The van der Waals surface area contributed by atoms with Gasteiger partial charge in [-0.3, -0.25) is 4.79 Å². The van der Waals surface area contributed by atoms with Crippen LogP contribution in [0.15, 0.2) is 12.1 Å². The molecule has 1 saturated heterocycles. The number of nitrogens with two attached hydrogens (primary N) is 1. The summed E-state index contributed by atoms with van der Waals surface area (Å²) in [5, 5.41) is 0. The predicted molar refractivity (Wildman–Crippen MR) is 75.9 cm³/mol. The highest BCUT2D eigenvalue weighted by atomic mass is 19.1. The Morgan fingerprint density at radius 3 is 2.24 bits per heavy atom. The number of hydrogen-bond acceptors (Lipinski definition) is 3. The molecule has 0 radical (unpaired) electrons. The van der Waals surface area contributed by atoms with E-state index < -0.39 is 28.7 Å². The van der Waals surface area contributed by atoms with Crippen molar-refractivity contribution in [1.82, 2.24) is 4.90 Å². The summed E-state index contributed by atoms with van der Waals surface area (Å²) in [5.41, 5.74) is 3.54. The minimum Gasteiger partial charge on any atom is -0.396 e. The van der Waals surface area contributed by atoms with E-state index in [1.807, 2.05) is 27.7 Å². The Morgan fingerprint density at radius 2 is 1.71 bits per heavy atom. The lowest BCUT2D eigenvalue weighted by Gasteiger charge is -2.47. The van der Waals surface area contributed by atoms with E-state index in [0.29, 0.717) is 13.1 Å². The van der Waals surface area contributed by atoms with Gasteiger partial charge in [0.1, 0.15) is 5.82 Å². The predicted octanol–water partition coefficient (Wildman–Crippen LogP) is 2.58. The fraction of sp³-hybridized carbons (Fsp3) is 0.533. The second-order valence-electron chi connectivity index (χ2n) is 6.64. The standard InChI is InChI=1S/C15H20F2N2O2/c1-14(2)7-19(8-15(3,4)21-14)13(20)10-5-9(16)6-11(18)12(10)17/h5-6H,7-8,18H2,1-4H3. The van der Waals surface area contributed by atoms with Gasteiger partial charge >= 0.3 is 0 Å². The van der Waals surface area contributed by atoms with E-state index in [2.05, 4.69) is 0 Å². The topological polar surface area (TPSA) is 55.6 Å². The maximum Gasteiger partial charge on any atom is 0.257 e. The molecule has 1 aliphatic heterocycles. The molecule has 1 aliphatic rings. The Balaban J connectivity index is 2.36. The van der Waals surface area contributed by atoms with Crippen LogP contribution in [-0.2, 0) is 4.74 Å². The maximum absolute atomic E-state index is 14.0. The fourth-order valence-corrected chi connectivity index (χ4v) is 2.87. The fourth-order valence-electron chi connectivity index (χ4n) is 2.87. The molecular formula is C15H20F2N2O2. The first-order chi connectivity index (χ1) is 9.51. The van der Waals surface area contributed by atoms with Crippen molar-refractivity contribution in [3.63, 3.8) is 0 Å². The van der Waals surface area contributed by atoms with Crippen molar-refractivity contribution in [2.75, 3.05) is 18.8 Å². The number of amides is 1. The summed E-state index contributed by atoms with van der Waals surface area (Å²) in [4.78, 5) is 14.0. The van der Waals surface area contributed by atoms with E-state index in [-0.39, 0.29) is 11.3 Å². The smallest absolute Gasteiger partial charge is 0.257 e. The van der Waals surface area contributed by atoms with Crippen LogP contribution in [-0.4, -0.2) is 35.1 Å². The number of anilines is 1. The van der Waals surface area contributed by atoms with E-state index in [4.69, 9.17) is 10.5 Å². The molecule has 2 N–H and O–H groups in total. The van der Waals surface area contributed by atoms with E-state index in [0.717, 1.165) is 12.1 Å². The summed E-state index contributed by atoms with van der Waals surface area (Å²) < 4.78 is 33.3. The molecule has 1 aromatic carbocycles. The SMILES string of the molecule is CC1(C)CN(C(=O)c2cc(F)cc(N)c2F)CC(C)(C)O1. The van der Waals surface area contributed by atoms with Crippen molar-refractivity contribution in [3.05, 3.63) is 29.3 Å². The third kappa shape index (κ3) is 3.32. The van der Waals surface area contributed by atoms with Crippen molar-refractivity contribution < 1.29 is 18.3 Å². The normalized spacial score (nSPS) is 20.4. The molecule has 4 nitrogen and oxygen atoms in total. The van der Waals surface area contributed by atoms with Crippen LogP contribution in [0.25, 0.3) is 0 Å². The summed E-state index contributed by atoms with van der Waals surface area (Å²) in [6.45, 7) is 8.00. The summed E-state index contributed by atoms with van der Waals surface area (Å²) in [6.07, 6.45) is 0. The van der Waals surface area contributed by atoms with Gasteiger partial charge < -0.3 is 15.4 Å². The van der Waals surface area contributed by atoms with Crippen LogP contribution in [0.5, 0.6) is 0 Å². The average Bonchev–Trinajstić information content (AvgIpc) is 2.29. The minimum atomic E-state index is -0.886. The van der Waals surface area contributed by atoms with Crippen LogP contribution in [0.4, 0.5) is 14.5 Å². The second kappa shape index (κ2) is 4.94. The first-order valence-electron chi connectivity index (χ1n) is 6.75. The molecule has 1 amide bonds. The maximum atomic E-state index is 14.0. The molecule has 1 heterocycles. The number of carbonyl (C=O) groups excluding carboxylic acids is 1. The van der Waals surface area contributed by atoms with Crippen LogP contribution < -0.4 is 5.73 Å². The Labute approximate surface area is 122 Å². The number of morpholine rings is 1. The van der Waals surface area contributed by atoms with Crippen LogP contribution in [0.2, 0.25) is 0 Å². The zero-order valence-electron chi connectivity index (χ0n) is 12.7. The highest BCUT2D eigenvalue weighted by Gasteiger charge is 2.40. The molecule has 116 valence electrons. The van der Waals surface area contributed by atoms with Crippen molar-refractivity contribution in [3.8, 4) is 0 Å². The molecule has 1 fully saturated rings. The van der Waals surface area contributed by atoms with Crippen LogP contribution in [0.3, 0.4) is 0 Å². The molecule has 0 unspecified atom stereocenters. The number of nitrogens with zero attached hydrogens (tertiary/aromatic N) is 1. The van der Waals surface area contributed by atoms with Crippen molar-refractivity contribution in [2.24, 2.45) is 0 Å². The summed E-state index contributed by atoms with van der Waals surface area (Å²) in [5.74, 6) is -2.20. The number of benzene rings is 1. The first kappa shape index (κ1) is 15.7. The quantitative estimate of drug-likeness (QED) is 0.811. The lowest BCUT2D eigenvalue weighted by atomic mass is 9.98. The van der Waals surface area contributed by atoms with Crippen molar-refractivity contribution in [2.45, 2.75) is 38.9 Å². The van der Waals surface area contributed by atoms with Gasteiger partial charge in [0.25, 0.3) is 5.91 Å². The van der Waals surface area contributed by atoms with Crippen LogP contribution in [0.1, 0.15) is 38.1 Å². The monoisotopic (exact) mass is 298 g/mol. The summed E-state index contributed by atoms with van der Waals surface area (Å²) in [7, 11) is 0. The molecule has 21 heavy (non-hydrogen) atoms. The van der Waals surface area contributed by atoms with Gasteiger partial charge in [0.15, 0.2) is 5.82 Å². The van der Waals surface area contributed by atoms with E-state index >= 15 is 0 Å². The average molecular weight is 298 g/mol. The van der Waals surface area contributed by atoms with Crippen LogP contribution >= 0.6 is 0 Å². The van der Waals surface area contributed by atoms with Crippen molar-refractivity contribution in [1.29, 1.82) is 0 Å². The molecule has 1 aromatic rings. The number of halogens is 2. The summed E-state index contributed by atoms with van der Waals surface area (Å²) in [6, 6.07) is 1.74. The van der Waals surface area contributed by atoms with Crippen LogP contribution in [0, 0.1) is 11.6 Å². The van der Waals surface area contributed by atoms with Gasteiger partial charge in [0.2, 0.25) is 0 Å². The van der Waals surface area contributed by atoms with Gasteiger partial charge in [-0.25, -0.2) is 8.78 Å². The highest BCUT2D eigenvalue weighted by molar-refractivity contribution is 5.95. The van der Waals surface area contributed by atoms with Gasteiger partial charge in [-0.05, 0) is 39.8 Å². The Kier molecular flexibility index (Phi) is 3.70. The highest BCUT2D eigenvalue weighted by Crippen LogP contribution is 2.30. The van der Waals surface area contributed by atoms with Crippen molar-refractivity contribution >= 4 is 11.6 Å². The van der Waals surface area contributed by atoms with E-state index in [1.165, 1.54) is 4.90 Å². The molecule has 6 heteroatoms. The third-order valence-corrected chi connectivity index (χ3v) is 3.28. The number of hydrogen-bond donors (Lipinski definition) is 1. The van der Waals surface area contributed by atoms with E-state index in [9.17, 15) is 13.6 Å². The number of ether oxygens (including phenoxy) is 1. The lowest BCUT2D eigenvalue weighted by Crippen LogP contribution is -2.58. The minimum absolute atomic E-state index is 0.297. The molecular weight excluding hydrogens is 278 g/mol. The Morgan fingerprint density at radius 1 is 1.19 bits per heavy atom. The molecule has 0 spiro atoms.